The lowest BCUT2D eigenvalue weighted by Gasteiger charge is -2.23. The maximum Gasteiger partial charge on any atom is 0.255 e. The molecular formula is C22H30Cl2N4O2. The number of rotatable bonds is 2. The van der Waals surface area contributed by atoms with Crippen LogP contribution in [0.2, 0.25) is 0 Å². The Morgan fingerprint density at radius 3 is 2.47 bits per heavy atom. The van der Waals surface area contributed by atoms with E-state index < -0.39 is 0 Å². The Hall–Kier alpha value is -2.15. The summed E-state index contributed by atoms with van der Waals surface area (Å²) in [7, 11) is 0. The molecule has 164 valence electrons. The maximum atomic E-state index is 12.8. The summed E-state index contributed by atoms with van der Waals surface area (Å²) in [5.41, 5.74) is 1.73. The summed E-state index contributed by atoms with van der Waals surface area (Å²) in [6, 6.07) is 13.6. The molecule has 0 bridgehead atoms. The molecule has 2 aromatic rings. The Morgan fingerprint density at radius 2 is 1.73 bits per heavy atom. The first-order chi connectivity index (χ1) is 13.7. The smallest absolute Gasteiger partial charge is 0.255 e. The second-order valence-electron chi connectivity index (χ2n) is 7.07. The summed E-state index contributed by atoms with van der Waals surface area (Å²) < 4.78 is 0. The summed E-state index contributed by atoms with van der Waals surface area (Å²) in [6.07, 6.45) is 6.26. The van der Waals surface area contributed by atoms with Crippen LogP contribution in [-0.4, -0.2) is 47.9 Å². The third-order valence-corrected chi connectivity index (χ3v) is 4.96. The zero-order chi connectivity index (χ0) is 19.6. The lowest BCUT2D eigenvalue weighted by atomic mass is 10.0. The predicted octanol–water partition coefficient (Wildman–Crippen LogP) is 3.39. The van der Waals surface area contributed by atoms with Crippen molar-refractivity contribution in [3.63, 3.8) is 0 Å². The van der Waals surface area contributed by atoms with Gasteiger partial charge in [0.2, 0.25) is 5.91 Å². The summed E-state index contributed by atoms with van der Waals surface area (Å²) in [6.45, 7) is 2.74. The molecule has 3 rings (SSSR count). The molecular weight excluding hydrogens is 423 g/mol. The van der Waals surface area contributed by atoms with Gasteiger partial charge in [0.1, 0.15) is 0 Å². The van der Waals surface area contributed by atoms with Crippen molar-refractivity contribution >= 4 is 36.6 Å². The third kappa shape index (κ3) is 7.94. The van der Waals surface area contributed by atoms with Crippen LogP contribution in [0.1, 0.15) is 47.6 Å². The Morgan fingerprint density at radius 1 is 0.967 bits per heavy atom. The highest BCUT2D eigenvalue weighted by Gasteiger charge is 2.18. The number of benzene rings is 1. The van der Waals surface area contributed by atoms with Crippen LogP contribution in [0, 0.1) is 0 Å². The second-order valence-corrected chi connectivity index (χ2v) is 7.07. The van der Waals surface area contributed by atoms with Crippen LogP contribution in [0.3, 0.4) is 0 Å². The first kappa shape index (κ1) is 25.9. The van der Waals surface area contributed by atoms with Crippen LogP contribution in [-0.2, 0) is 4.79 Å². The molecule has 1 aliphatic heterocycles. The molecule has 1 aromatic heterocycles. The number of pyridine rings is 1. The number of hydrogen-bond donors (Lipinski definition) is 2. The Bertz CT molecular complexity index is 762. The fraction of sp³-hybridized carbons (Fsp3) is 0.409. The van der Waals surface area contributed by atoms with E-state index in [-0.39, 0.29) is 42.7 Å². The quantitative estimate of drug-likeness (QED) is 0.731. The van der Waals surface area contributed by atoms with E-state index in [0.29, 0.717) is 31.6 Å². The van der Waals surface area contributed by atoms with Crippen molar-refractivity contribution in [1.29, 1.82) is 0 Å². The molecule has 0 aliphatic carbocycles. The van der Waals surface area contributed by atoms with Gasteiger partial charge in [-0.3, -0.25) is 14.6 Å². The normalized spacial score (nSPS) is 18.3. The molecule has 1 atom stereocenters. The Kier molecular flexibility index (Phi) is 12.0. The molecule has 2 heterocycles. The van der Waals surface area contributed by atoms with Crippen molar-refractivity contribution in [3.05, 3.63) is 66.0 Å². The van der Waals surface area contributed by atoms with Crippen LogP contribution in [0.15, 0.2) is 54.9 Å². The van der Waals surface area contributed by atoms with Gasteiger partial charge in [-0.25, -0.2) is 0 Å². The minimum Gasteiger partial charge on any atom is -0.356 e. The van der Waals surface area contributed by atoms with E-state index in [1.807, 2.05) is 35.2 Å². The zero-order valence-corrected chi connectivity index (χ0v) is 18.6. The number of nitrogens with one attached hydrogen (secondary N) is 2. The topological polar surface area (TPSA) is 74.3 Å². The van der Waals surface area contributed by atoms with Crippen LogP contribution in [0.25, 0.3) is 0 Å². The average Bonchev–Trinajstić information content (AvgIpc) is 2.76. The summed E-state index contributed by atoms with van der Waals surface area (Å²) in [5.74, 6) is 0.0792. The van der Waals surface area contributed by atoms with Crippen molar-refractivity contribution in [3.8, 4) is 0 Å². The van der Waals surface area contributed by atoms with Gasteiger partial charge < -0.3 is 15.5 Å². The summed E-state index contributed by atoms with van der Waals surface area (Å²) in [4.78, 5) is 31.1. The van der Waals surface area contributed by atoms with E-state index in [1.54, 1.807) is 24.5 Å². The summed E-state index contributed by atoms with van der Waals surface area (Å²) >= 11 is 0. The molecule has 1 aliphatic rings. The van der Waals surface area contributed by atoms with Crippen molar-refractivity contribution in [2.75, 3.05) is 26.2 Å². The fourth-order valence-corrected chi connectivity index (χ4v) is 3.44. The molecule has 2 amide bonds. The fourth-order valence-electron chi connectivity index (χ4n) is 3.44. The Balaban J connectivity index is 0.00000225. The van der Waals surface area contributed by atoms with E-state index in [0.717, 1.165) is 31.4 Å². The van der Waals surface area contributed by atoms with E-state index in [2.05, 4.69) is 15.6 Å². The average molecular weight is 453 g/mol. The highest BCUT2D eigenvalue weighted by Crippen LogP contribution is 2.17. The molecule has 0 radical (unpaired) electrons. The van der Waals surface area contributed by atoms with Gasteiger partial charge >= 0.3 is 0 Å². The molecule has 8 heteroatoms. The molecule has 1 aromatic carbocycles. The molecule has 1 saturated heterocycles. The lowest BCUT2D eigenvalue weighted by molar-refractivity contribution is -0.121. The van der Waals surface area contributed by atoms with E-state index in [1.165, 1.54) is 0 Å². The molecule has 0 spiro atoms. The highest BCUT2D eigenvalue weighted by molar-refractivity contribution is 5.93. The molecule has 6 nitrogen and oxygen atoms in total. The SMILES string of the molecule is Cl.Cl.O=C1CC(c2ccccc2)NCCCN(C(=O)c2cccnc2)CCCCN1. The van der Waals surface area contributed by atoms with E-state index in [9.17, 15) is 9.59 Å². The first-order valence-electron chi connectivity index (χ1n) is 9.98. The van der Waals surface area contributed by atoms with Crippen molar-refractivity contribution in [1.82, 2.24) is 20.5 Å². The largest absolute Gasteiger partial charge is 0.356 e. The number of carbonyl (C=O) groups excluding carboxylic acids is 2. The number of hydrogen-bond acceptors (Lipinski definition) is 4. The number of amides is 2. The van der Waals surface area contributed by atoms with Gasteiger partial charge in [0.25, 0.3) is 5.91 Å². The molecule has 0 saturated carbocycles. The number of carbonyl (C=O) groups is 2. The van der Waals surface area contributed by atoms with Crippen LogP contribution >= 0.6 is 24.8 Å². The number of aromatic nitrogens is 1. The van der Waals surface area contributed by atoms with Crippen molar-refractivity contribution in [2.45, 2.75) is 31.7 Å². The van der Waals surface area contributed by atoms with Gasteiger partial charge in [0, 0.05) is 44.5 Å². The minimum atomic E-state index is -0.0237. The summed E-state index contributed by atoms with van der Waals surface area (Å²) in [5, 5.41) is 6.50. The highest BCUT2D eigenvalue weighted by atomic mass is 35.5. The van der Waals surface area contributed by atoms with Gasteiger partial charge in [0.05, 0.1) is 5.56 Å². The monoisotopic (exact) mass is 452 g/mol. The van der Waals surface area contributed by atoms with Crippen molar-refractivity contribution in [2.24, 2.45) is 0 Å². The molecule has 30 heavy (non-hydrogen) atoms. The third-order valence-electron chi connectivity index (χ3n) is 4.96. The van der Waals surface area contributed by atoms with Crippen molar-refractivity contribution < 1.29 is 9.59 Å². The second kappa shape index (κ2) is 14.0. The van der Waals surface area contributed by atoms with Gasteiger partial charge in [0.15, 0.2) is 0 Å². The molecule has 1 fully saturated rings. The standard InChI is InChI=1S/C22H28N4O2.2ClH/c27-21-16-20(18-8-2-1-3-9-18)24-13-7-15-26(14-5-4-12-25-21)22(28)19-10-6-11-23-17-19;;/h1-3,6,8-11,17,20,24H,4-5,7,12-16H2,(H,25,27);2*1H. The molecule has 2 N–H and O–H groups in total. The first-order valence-corrected chi connectivity index (χ1v) is 9.98. The van der Waals surface area contributed by atoms with E-state index >= 15 is 0 Å². The van der Waals surface area contributed by atoms with E-state index in [4.69, 9.17) is 0 Å². The van der Waals surface area contributed by atoms with Crippen LogP contribution in [0.4, 0.5) is 0 Å². The predicted molar refractivity (Wildman–Crippen MR) is 123 cm³/mol. The number of nitrogens with zero attached hydrogens (tertiary/aromatic N) is 2. The van der Waals surface area contributed by atoms with Crippen LogP contribution in [0.5, 0.6) is 0 Å². The lowest BCUT2D eigenvalue weighted by Crippen LogP contribution is -2.35. The van der Waals surface area contributed by atoms with Gasteiger partial charge in [-0.05, 0) is 43.5 Å². The zero-order valence-electron chi connectivity index (χ0n) is 17.0. The molecule has 1 unspecified atom stereocenters. The van der Waals surface area contributed by atoms with Gasteiger partial charge in [-0.15, -0.1) is 24.8 Å². The number of halogens is 2. The van der Waals surface area contributed by atoms with Gasteiger partial charge in [-0.2, -0.15) is 0 Å². The Labute approximate surface area is 190 Å². The van der Waals surface area contributed by atoms with Gasteiger partial charge in [-0.1, -0.05) is 30.3 Å². The minimum absolute atomic E-state index is 0. The van der Waals surface area contributed by atoms with Crippen LogP contribution < -0.4 is 10.6 Å². The maximum absolute atomic E-state index is 12.8.